The number of aliphatic imine (C=N–C) groups is 1. The number of carbonyl (C=O) groups is 1. The molecule has 0 spiro atoms. The van der Waals surface area contributed by atoms with Crippen molar-refractivity contribution < 1.29 is 17.9 Å². The number of methoxy groups -OCH3 is 1. The molecule has 0 unspecified atom stereocenters. The zero-order valence-electron chi connectivity index (χ0n) is 13.5. The van der Waals surface area contributed by atoms with Crippen LogP contribution < -0.4 is 9.64 Å². The van der Waals surface area contributed by atoms with Crippen LogP contribution in [0.5, 0.6) is 5.75 Å². The van der Waals surface area contributed by atoms with Gasteiger partial charge in [0.05, 0.1) is 30.3 Å². The fourth-order valence-electron chi connectivity index (χ4n) is 3.21. The van der Waals surface area contributed by atoms with E-state index in [2.05, 4.69) is 4.99 Å². The van der Waals surface area contributed by atoms with Crippen LogP contribution in [0.1, 0.15) is 12.8 Å². The molecule has 6 nitrogen and oxygen atoms in total. The van der Waals surface area contributed by atoms with E-state index in [0.29, 0.717) is 21.6 Å². The van der Waals surface area contributed by atoms with Gasteiger partial charge in [0, 0.05) is 16.2 Å². The molecule has 134 valence electrons. The summed E-state index contributed by atoms with van der Waals surface area (Å²) < 4.78 is 29.6. The van der Waals surface area contributed by atoms with E-state index in [4.69, 9.17) is 16.3 Å². The molecule has 1 amide bonds. The Balaban J connectivity index is 1.78. The highest BCUT2D eigenvalue weighted by Crippen LogP contribution is 2.45. The van der Waals surface area contributed by atoms with Crippen LogP contribution in [0.2, 0.25) is 5.02 Å². The Morgan fingerprint density at radius 1 is 1.36 bits per heavy atom. The summed E-state index contributed by atoms with van der Waals surface area (Å²) >= 11 is 7.51. The Labute approximate surface area is 155 Å². The Morgan fingerprint density at radius 2 is 2.12 bits per heavy atom. The lowest BCUT2D eigenvalue weighted by molar-refractivity contribution is -0.118. The van der Waals surface area contributed by atoms with E-state index in [1.165, 1.54) is 11.8 Å². The molecular weight excluding hydrogens is 384 g/mol. The number of anilines is 1. The highest BCUT2D eigenvalue weighted by atomic mass is 35.5. The number of fused-ring (bicyclic) bond motifs is 1. The van der Waals surface area contributed by atoms with Gasteiger partial charge in [0.1, 0.15) is 5.75 Å². The van der Waals surface area contributed by atoms with Gasteiger partial charge < -0.3 is 9.64 Å². The van der Waals surface area contributed by atoms with E-state index >= 15 is 0 Å². The number of rotatable bonds is 3. The number of hydrogen-bond donors (Lipinski definition) is 0. The molecule has 1 aromatic rings. The Morgan fingerprint density at radius 3 is 2.80 bits per heavy atom. The van der Waals surface area contributed by atoms with Crippen molar-refractivity contribution in [2.24, 2.45) is 10.9 Å². The third-order valence-electron chi connectivity index (χ3n) is 4.60. The SMILES string of the molecule is COc1ccc(Cl)cc1N1C(=NC(=O)C2CC2)S[C@@H]2CS(=O)(=O)C[C@@H]21. The molecule has 0 N–H and O–H groups in total. The first-order valence-corrected chi connectivity index (χ1v) is 11.1. The number of thioether (sulfide) groups is 1. The molecule has 2 aliphatic heterocycles. The van der Waals surface area contributed by atoms with Gasteiger partial charge in [-0.05, 0) is 31.0 Å². The number of hydrogen-bond acceptors (Lipinski definition) is 5. The van der Waals surface area contributed by atoms with Gasteiger partial charge >= 0.3 is 0 Å². The standard InChI is InChI=1S/C16H17ClN2O4S2/c1-23-13-5-4-10(17)6-11(13)19-12-7-25(21,22)8-14(12)24-16(19)18-15(20)9-2-3-9/h4-6,9,12,14H,2-3,7-8H2,1H3/t12-,14+/m0/s1. The summed E-state index contributed by atoms with van der Waals surface area (Å²) in [6.07, 6.45) is 1.75. The van der Waals surface area contributed by atoms with Crippen molar-refractivity contribution in [1.82, 2.24) is 0 Å². The molecule has 3 aliphatic rings. The summed E-state index contributed by atoms with van der Waals surface area (Å²) in [7, 11) is -1.56. The number of carbonyl (C=O) groups excluding carboxylic acids is 1. The number of halogens is 1. The van der Waals surface area contributed by atoms with E-state index in [0.717, 1.165) is 12.8 Å². The van der Waals surface area contributed by atoms with Crippen molar-refractivity contribution in [1.29, 1.82) is 0 Å². The number of amidine groups is 1. The summed E-state index contributed by atoms with van der Waals surface area (Å²) in [5.41, 5.74) is 0.648. The minimum atomic E-state index is -3.11. The van der Waals surface area contributed by atoms with Crippen LogP contribution in [0.3, 0.4) is 0 Å². The highest BCUT2D eigenvalue weighted by Gasteiger charge is 2.50. The molecule has 0 radical (unpaired) electrons. The average Bonchev–Trinajstić information content (AvgIpc) is 3.28. The second kappa shape index (κ2) is 6.17. The van der Waals surface area contributed by atoms with Crippen LogP contribution in [-0.4, -0.2) is 49.4 Å². The molecule has 1 saturated carbocycles. The van der Waals surface area contributed by atoms with Gasteiger partial charge in [-0.25, -0.2) is 8.42 Å². The summed E-state index contributed by atoms with van der Waals surface area (Å²) in [6, 6.07) is 4.90. The van der Waals surface area contributed by atoms with Crippen molar-refractivity contribution >= 4 is 50.0 Å². The van der Waals surface area contributed by atoms with E-state index < -0.39 is 9.84 Å². The lowest BCUT2D eigenvalue weighted by Crippen LogP contribution is -2.38. The molecule has 3 fully saturated rings. The van der Waals surface area contributed by atoms with Crippen molar-refractivity contribution in [3.05, 3.63) is 23.2 Å². The summed E-state index contributed by atoms with van der Waals surface area (Å²) in [5, 5.41) is 0.916. The molecule has 2 atom stereocenters. The maximum atomic E-state index is 12.2. The van der Waals surface area contributed by atoms with Crippen LogP contribution in [0.4, 0.5) is 5.69 Å². The van der Waals surface area contributed by atoms with Crippen LogP contribution in [0, 0.1) is 5.92 Å². The van der Waals surface area contributed by atoms with Crippen molar-refractivity contribution in [2.45, 2.75) is 24.1 Å². The maximum absolute atomic E-state index is 12.2. The predicted molar refractivity (Wildman–Crippen MR) is 99.5 cm³/mol. The molecular formula is C16H17ClN2O4S2. The van der Waals surface area contributed by atoms with Gasteiger partial charge in [0.25, 0.3) is 5.91 Å². The zero-order valence-corrected chi connectivity index (χ0v) is 15.9. The van der Waals surface area contributed by atoms with Crippen molar-refractivity contribution in [3.63, 3.8) is 0 Å². The molecule has 0 bridgehead atoms. The zero-order chi connectivity index (χ0) is 17.8. The second-order valence-electron chi connectivity index (χ2n) is 6.49. The normalized spacial score (nSPS) is 29.0. The minimum absolute atomic E-state index is 0.0142. The van der Waals surface area contributed by atoms with Crippen LogP contribution in [0.15, 0.2) is 23.2 Å². The predicted octanol–water partition coefficient (Wildman–Crippen LogP) is 2.36. The van der Waals surface area contributed by atoms with Crippen molar-refractivity contribution in [2.75, 3.05) is 23.5 Å². The smallest absolute Gasteiger partial charge is 0.251 e. The van der Waals surface area contributed by atoms with Gasteiger partial charge in [-0.2, -0.15) is 4.99 Å². The Bertz CT molecular complexity index is 867. The molecule has 0 aromatic heterocycles. The number of benzene rings is 1. The molecule has 4 rings (SSSR count). The first kappa shape index (κ1) is 17.2. The fraction of sp³-hybridized carbons (Fsp3) is 0.500. The third kappa shape index (κ3) is 3.27. The lowest BCUT2D eigenvalue weighted by Gasteiger charge is -2.26. The number of sulfone groups is 1. The van der Waals surface area contributed by atoms with Gasteiger partial charge in [-0.15, -0.1) is 0 Å². The van der Waals surface area contributed by atoms with Crippen molar-refractivity contribution in [3.8, 4) is 5.75 Å². The monoisotopic (exact) mass is 400 g/mol. The lowest BCUT2D eigenvalue weighted by atomic mass is 10.2. The Hall–Kier alpha value is -1.25. The highest BCUT2D eigenvalue weighted by molar-refractivity contribution is 8.16. The molecule has 25 heavy (non-hydrogen) atoms. The van der Waals surface area contributed by atoms with E-state index in [1.54, 1.807) is 25.3 Å². The number of ether oxygens (including phenoxy) is 1. The van der Waals surface area contributed by atoms with Gasteiger partial charge in [0.15, 0.2) is 15.0 Å². The molecule has 2 heterocycles. The van der Waals surface area contributed by atoms with Crippen LogP contribution >= 0.6 is 23.4 Å². The summed E-state index contributed by atoms with van der Waals surface area (Å²) in [4.78, 5) is 18.3. The molecule has 1 aliphatic carbocycles. The fourth-order valence-corrected chi connectivity index (χ4v) is 7.29. The largest absolute Gasteiger partial charge is 0.495 e. The topological polar surface area (TPSA) is 76.0 Å². The third-order valence-corrected chi connectivity index (χ3v) is 8.04. The molecule has 9 heteroatoms. The van der Waals surface area contributed by atoms with Gasteiger partial charge in [-0.3, -0.25) is 4.79 Å². The van der Waals surface area contributed by atoms with Crippen LogP contribution in [0.25, 0.3) is 0 Å². The number of amides is 1. The molecule has 1 aromatic carbocycles. The first-order chi connectivity index (χ1) is 11.9. The number of nitrogens with zero attached hydrogens (tertiary/aromatic N) is 2. The summed E-state index contributed by atoms with van der Waals surface area (Å²) in [5.74, 6) is 0.591. The minimum Gasteiger partial charge on any atom is -0.495 e. The quantitative estimate of drug-likeness (QED) is 0.775. The van der Waals surface area contributed by atoms with E-state index in [9.17, 15) is 13.2 Å². The average molecular weight is 401 g/mol. The van der Waals surface area contributed by atoms with Crippen LogP contribution in [-0.2, 0) is 14.6 Å². The second-order valence-corrected chi connectivity index (χ2v) is 10.3. The Kier molecular flexibility index (Phi) is 4.24. The van der Waals surface area contributed by atoms with Gasteiger partial charge in [0.2, 0.25) is 0 Å². The molecule has 2 saturated heterocycles. The first-order valence-electron chi connectivity index (χ1n) is 8.00. The van der Waals surface area contributed by atoms with Gasteiger partial charge in [-0.1, -0.05) is 23.4 Å². The maximum Gasteiger partial charge on any atom is 0.251 e. The van der Waals surface area contributed by atoms with E-state index in [-0.39, 0.29) is 34.6 Å². The van der Waals surface area contributed by atoms with E-state index in [1.807, 2.05) is 4.90 Å². The summed E-state index contributed by atoms with van der Waals surface area (Å²) in [6.45, 7) is 0.